The van der Waals surface area contributed by atoms with E-state index < -0.39 is 0 Å². The van der Waals surface area contributed by atoms with Crippen molar-refractivity contribution < 1.29 is 0 Å². The van der Waals surface area contributed by atoms with E-state index in [4.69, 9.17) is 5.73 Å². The minimum Gasteiger partial charge on any atom is -0.397 e. The molecule has 0 radical (unpaired) electrons. The number of fused-ring (bicyclic) bond motifs is 1. The van der Waals surface area contributed by atoms with Crippen LogP contribution in [0.5, 0.6) is 0 Å². The van der Waals surface area contributed by atoms with Gasteiger partial charge < -0.3 is 5.73 Å². The molecule has 84 valence electrons. The Bertz CT molecular complexity index is 690. The molecule has 0 saturated carbocycles. The molecule has 2 aromatic heterocycles. The average Bonchev–Trinajstić information content (AvgIpc) is 2.71. The van der Waals surface area contributed by atoms with Crippen molar-refractivity contribution in [1.82, 2.24) is 14.8 Å². The summed E-state index contributed by atoms with van der Waals surface area (Å²) in [5.41, 5.74) is 8.10. The van der Waals surface area contributed by atoms with Crippen LogP contribution >= 0.6 is 15.9 Å². The van der Waals surface area contributed by atoms with Crippen LogP contribution in [-0.2, 0) is 0 Å². The molecular weight excluding hydrogens is 280 g/mol. The normalized spacial score (nSPS) is 10.9. The Morgan fingerprint density at radius 1 is 1.18 bits per heavy atom. The zero-order chi connectivity index (χ0) is 11.8. The molecule has 3 aromatic rings. The van der Waals surface area contributed by atoms with Crippen LogP contribution in [-0.4, -0.2) is 14.8 Å². The first-order chi connectivity index (χ1) is 8.24. The zero-order valence-electron chi connectivity index (χ0n) is 8.84. The second-order valence-corrected chi connectivity index (χ2v) is 4.63. The fraction of sp³-hybridized carbons (Fsp3) is 0. The molecule has 1 aromatic carbocycles. The largest absolute Gasteiger partial charge is 0.397 e. The first-order valence-electron chi connectivity index (χ1n) is 5.09. The van der Waals surface area contributed by atoms with Crippen LogP contribution < -0.4 is 5.73 Å². The van der Waals surface area contributed by atoms with E-state index in [9.17, 15) is 0 Å². The Hall–Kier alpha value is -1.88. The topological polar surface area (TPSA) is 56.7 Å². The smallest absolute Gasteiger partial charge is 0.163 e. The Kier molecular flexibility index (Phi) is 2.33. The van der Waals surface area contributed by atoms with Crippen molar-refractivity contribution >= 4 is 32.7 Å². The van der Waals surface area contributed by atoms with E-state index >= 15 is 0 Å². The standard InChI is InChI=1S/C12H9BrN4/c13-9-2-1-3-11(5-9)17-12-8(6-16-17)4-10(14)7-15-12/h1-7H,14H2. The first-order valence-corrected chi connectivity index (χ1v) is 5.88. The maximum Gasteiger partial charge on any atom is 0.163 e. The molecule has 0 aliphatic rings. The third kappa shape index (κ3) is 1.78. The van der Waals surface area contributed by atoms with Crippen molar-refractivity contribution in [3.05, 3.63) is 47.2 Å². The van der Waals surface area contributed by atoms with Crippen molar-refractivity contribution in [1.29, 1.82) is 0 Å². The van der Waals surface area contributed by atoms with Crippen molar-refractivity contribution in [2.24, 2.45) is 0 Å². The van der Waals surface area contributed by atoms with Gasteiger partial charge in [-0.25, -0.2) is 9.67 Å². The second kappa shape index (κ2) is 3.85. The lowest BCUT2D eigenvalue weighted by atomic mass is 10.3. The number of rotatable bonds is 1. The lowest BCUT2D eigenvalue weighted by Gasteiger charge is -2.03. The molecular formula is C12H9BrN4. The van der Waals surface area contributed by atoms with Gasteiger partial charge in [-0.2, -0.15) is 5.10 Å². The minimum absolute atomic E-state index is 0.645. The summed E-state index contributed by atoms with van der Waals surface area (Å²) < 4.78 is 2.80. The van der Waals surface area contributed by atoms with Gasteiger partial charge in [0.15, 0.2) is 5.65 Å². The van der Waals surface area contributed by atoms with Gasteiger partial charge in [0.2, 0.25) is 0 Å². The fourth-order valence-corrected chi connectivity index (χ4v) is 2.12. The number of benzene rings is 1. The summed E-state index contributed by atoms with van der Waals surface area (Å²) in [5.74, 6) is 0. The van der Waals surface area contributed by atoms with Gasteiger partial charge in [-0.3, -0.25) is 0 Å². The van der Waals surface area contributed by atoms with Gasteiger partial charge in [0.1, 0.15) is 0 Å². The molecule has 3 rings (SSSR count). The number of nitrogens with zero attached hydrogens (tertiary/aromatic N) is 3. The van der Waals surface area contributed by atoms with Gasteiger partial charge >= 0.3 is 0 Å². The fourth-order valence-electron chi connectivity index (χ4n) is 1.74. The summed E-state index contributed by atoms with van der Waals surface area (Å²) in [5, 5.41) is 5.26. The summed E-state index contributed by atoms with van der Waals surface area (Å²) >= 11 is 3.44. The van der Waals surface area contributed by atoms with Gasteiger partial charge in [0, 0.05) is 9.86 Å². The quantitative estimate of drug-likeness (QED) is 0.749. The lowest BCUT2D eigenvalue weighted by Crippen LogP contribution is -1.97. The molecule has 0 bridgehead atoms. The van der Waals surface area contributed by atoms with E-state index in [0.717, 1.165) is 21.2 Å². The summed E-state index contributed by atoms with van der Waals surface area (Å²) in [6.45, 7) is 0. The van der Waals surface area contributed by atoms with E-state index in [1.54, 1.807) is 17.1 Å². The van der Waals surface area contributed by atoms with Gasteiger partial charge in [-0.1, -0.05) is 22.0 Å². The molecule has 0 saturated heterocycles. The number of nitrogen functional groups attached to an aromatic ring is 1. The highest BCUT2D eigenvalue weighted by Crippen LogP contribution is 2.20. The number of hydrogen-bond acceptors (Lipinski definition) is 3. The van der Waals surface area contributed by atoms with Gasteiger partial charge in [0.25, 0.3) is 0 Å². The number of aromatic nitrogens is 3. The van der Waals surface area contributed by atoms with E-state index in [0.29, 0.717) is 5.69 Å². The summed E-state index contributed by atoms with van der Waals surface area (Å²) in [4.78, 5) is 4.31. The highest BCUT2D eigenvalue weighted by molar-refractivity contribution is 9.10. The van der Waals surface area contributed by atoms with Crippen molar-refractivity contribution in [2.45, 2.75) is 0 Å². The van der Waals surface area contributed by atoms with Crippen LogP contribution in [0, 0.1) is 0 Å². The number of hydrogen-bond donors (Lipinski definition) is 1. The Morgan fingerprint density at radius 3 is 2.88 bits per heavy atom. The van der Waals surface area contributed by atoms with Crippen molar-refractivity contribution in [2.75, 3.05) is 5.73 Å². The number of nitrogens with two attached hydrogens (primary N) is 1. The Morgan fingerprint density at radius 2 is 2.06 bits per heavy atom. The highest BCUT2D eigenvalue weighted by atomic mass is 79.9. The molecule has 0 fully saturated rings. The molecule has 0 unspecified atom stereocenters. The number of pyridine rings is 1. The van der Waals surface area contributed by atoms with E-state index in [1.165, 1.54) is 0 Å². The van der Waals surface area contributed by atoms with Crippen LogP contribution in [0.3, 0.4) is 0 Å². The van der Waals surface area contributed by atoms with Crippen LogP contribution in [0.2, 0.25) is 0 Å². The third-order valence-electron chi connectivity index (χ3n) is 2.48. The van der Waals surface area contributed by atoms with Gasteiger partial charge in [0.05, 0.1) is 23.8 Å². The van der Waals surface area contributed by atoms with Crippen LogP contribution in [0.15, 0.2) is 47.2 Å². The molecule has 0 aliphatic heterocycles. The lowest BCUT2D eigenvalue weighted by molar-refractivity contribution is 0.896. The van der Waals surface area contributed by atoms with Crippen LogP contribution in [0.25, 0.3) is 16.7 Å². The zero-order valence-corrected chi connectivity index (χ0v) is 10.4. The minimum atomic E-state index is 0.645. The molecule has 17 heavy (non-hydrogen) atoms. The van der Waals surface area contributed by atoms with Crippen molar-refractivity contribution in [3.8, 4) is 5.69 Å². The first kappa shape index (κ1) is 10.3. The molecule has 2 N–H and O–H groups in total. The molecule has 0 atom stereocenters. The molecule has 0 aliphatic carbocycles. The average molecular weight is 289 g/mol. The number of anilines is 1. The maximum absolute atomic E-state index is 5.69. The van der Waals surface area contributed by atoms with Crippen LogP contribution in [0.4, 0.5) is 5.69 Å². The highest BCUT2D eigenvalue weighted by Gasteiger charge is 2.06. The van der Waals surface area contributed by atoms with Gasteiger partial charge in [-0.15, -0.1) is 0 Å². The third-order valence-corrected chi connectivity index (χ3v) is 2.98. The summed E-state index contributed by atoms with van der Waals surface area (Å²) in [6.07, 6.45) is 3.40. The Balaban J connectivity index is 2.24. The molecule has 4 nitrogen and oxygen atoms in total. The van der Waals surface area contributed by atoms with Crippen LogP contribution in [0.1, 0.15) is 0 Å². The van der Waals surface area contributed by atoms with Crippen molar-refractivity contribution in [3.63, 3.8) is 0 Å². The summed E-state index contributed by atoms with van der Waals surface area (Å²) in [6, 6.07) is 9.77. The number of halogens is 1. The predicted octanol–water partition coefficient (Wildman–Crippen LogP) is 2.77. The predicted molar refractivity (Wildman–Crippen MR) is 71.0 cm³/mol. The van der Waals surface area contributed by atoms with E-state index in [2.05, 4.69) is 26.0 Å². The van der Waals surface area contributed by atoms with E-state index in [-0.39, 0.29) is 0 Å². The monoisotopic (exact) mass is 288 g/mol. The SMILES string of the molecule is Nc1cnc2c(cnn2-c2cccc(Br)c2)c1. The molecule has 5 heteroatoms. The van der Waals surface area contributed by atoms with Gasteiger partial charge in [-0.05, 0) is 24.3 Å². The van der Waals surface area contributed by atoms with E-state index in [1.807, 2.05) is 30.3 Å². The second-order valence-electron chi connectivity index (χ2n) is 3.72. The maximum atomic E-state index is 5.69. The summed E-state index contributed by atoms with van der Waals surface area (Å²) in [7, 11) is 0. The Labute approximate surface area is 106 Å². The molecule has 2 heterocycles. The molecule has 0 spiro atoms. The molecule has 0 amide bonds.